The molecule has 0 aliphatic carbocycles. The highest BCUT2D eigenvalue weighted by atomic mass is 16.5. The molecule has 0 fully saturated rings. The molecule has 2 N–H and O–H groups in total. The zero-order valence-corrected chi connectivity index (χ0v) is 13.7. The van der Waals surface area contributed by atoms with Gasteiger partial charge in [-0.05, 0) is 30.5 Å². The average molecular weight is 331 g/mol. The van der Waals surface area contributed by atoms with Gasteiger partial charge in [-0.3, -0.25) is 9.48 Å². The number of aryl methyl sites for hydroxylation is 1. The largest absolute Gasteiger partial charge is 0.482 e. The summed E-state index contributed by atoms with van der Waals surface area (Å²) in [6.07, 6.45) is 2.84. The van der Waals surface area contributed by atoms with E-state index in [-0.39, 0.29) is 5.91 Å². The number of rotatable bonds is 8. The molecule has 0 saturated heterocycles. The molecule has 1 heterocycles. The van der Waals surface area contributed by atoms with Crippen LogP contribution in [-0.2, 0) is 11.3 Å². The highest BCUT2D eigenvalue weighted by molar-refractivity contribution is 6.03. The second-order valence-corrected chi connectivity index (χ2v) is 5.81. The van der Waals surface area contributed by atoms with E-state index in [1.165, 1.54) is 6.07 Å². The minimum absolute atomic E-state index is 0.326. The zero-order chi connectivity index (χ0) is 17.5. The number of carboxylic acid groups (broad SMARTS) is 1. The molecule has 0 unspecified atom stereocenters. The number of aromatic nitrogens is 2. The second kappa shape index (κ2) is 8.14. The maximum Gasteiger partial charge on any atom is 0.341 e. The average Bonchev–Trinajstić information content (AvgIpc) is 2.98. The summed E-state index contributed by atoms with van der Waals surface area (Å²) in [4.78, 5) is 22.8. The van der Waals surface area contributed by atoms with Crippen LogP contribution in [0.3, 0.4) is 0 Å². The molecule has 2 aromatic rings. The molecule has 24 heavy (non-hydrogen) atoms. The van der Waals surface area contributed by atoms with Gasteiger partial charge in [0.1, 0.15) is 5.75 Å². The number of benzene rings is 1. The Morgan fingerprint density at radius 1 is 1.33 bits per heavy atom. The predicted molar refractivity (Wildman–Crippen MR) is 89.2 cm³/mol. The quantitative estimate of drug-likeness (QED) is 0.775. The molecule has 1 amide bonds. The minimum Gasteiger partial charge on any atom is -0.482 e. The van der Waals surface area contributed by atoms with Crippen LogP contribution >= 0.6 is 0 Å². The first-order valence-electron chi connectivity index (χ1n) is 7.73. The van der Waals surface area contributed by atoms with E-state index in [0.717, 1.165) is 13.0 Å². The van der Waals surface area contributed by atoms with E-state index >= 15 is 0 Å². The summed E-state index contributed by atoms with van der Waals surface area (Å²) in [6, 6.07) is 8.09. The van der Waals surface area contributed by atoms with Crippen molar-refractivity contribution in [2.45, 2.75) is 26.8 Å². The monoisotopic (exact) mass is 331 g/mol. The number of ether oxygens (including phenoxy) is 1. The highest BCUT2D eigenvalue weighted by Gasteiger charge is 2.10. The van der Waals surface area contributed by atoms with E-state index in [1.54, 1.807) is 28.9 Å². The summed E-state index contributed by atoms with van der Waals surface area (Å²) < 4.78 is 6.86. The summed E-state index contributed by atoms with van der Waals surface area (Å²) >= 11 is 0. The Bertz CT molecular complexity index is 709. The van der Waals surface area contributed by atoms with Crippen LogP contribution in [0.15, 0.2) is 36.5 Å². The van der Waals surface area contributed by atoms with Crippen LogP contribution in [0, 0.1) is 5.92 Å². The molecule has 0 atom stereocenters. The first kappa shape index (κ1) is 17.5. The van der Waals surface area contributed by atoms with Gasteiger partial charge in [0.25, 0.3) is 5.91 Å². The molecule has 7 heteroatoms. The lowest BCUT2D eigenvalue weighted by atomic mass is 10.1. The third-order valence-corrected chi connectivity index (χ3v) is 3.28. The molecule has 0 aliphatic rings. The fourth-order valence-corrected chi connectivity index (χ4v) is 2.00. The Labute approximate surface area is 140 Å². The number of nitrogens with zero attached hydrogens (tertiary/aromatic N) is 2. The first-order valence-corrected chi connectivity index (χ1v) is 7.73. The van der Waals surface area contributed by atoms with Gasteiger partial charge >= 0.3 is 5.97 Å². The van der Waals surface area contributed by atoms with Crippen molar-refractivity contribution in [3.8, 4) is 5.75 Å². The maximum atomic E-state index is 12.2. The van der Waals surface area contributed by atoms with Crippen molar-refractivity contribution in [2.24, 2.45) is 5.92 Å². The van der Waals surface area contributed by atoms with Crippen molar-refractivity contribution >= 4 is 17.7 Å². The first-order chi connectivity index (χ1) is 11.4. The summed E-state index contributed by atoms with van der Waals surface area (Å²) in [7, 11) is 0. The summed E-state index contributed by atoms with van der Waals surface area (Å²) in [6.45, 7) is 4.63. The second-order valence-electron chi connectivity index (χ2n) is 5.81. The lowest BCUT2D eigenvalue weighted by Crippen LogP contribution is -2.14. The van der Waals surface area contributed by atoms with Crippen molar-refractivity contribution in [1.29, 1.82) is 0 Å². The fraction of sp³-hybridized carbons (Fsp3) is 0.353. The van der Waals surface area contributed by atoms with Crippen LogP contribution in [-0.4, -0.2) is 33.4 Å². The molecule has 0 saturated carbocycles. The van der Waals surface area contributed by atoms with Gasteiger partial charge in [0, 0.05) is 24.4 Å². The topological polar surface area (TPSA) is 93.5 Å². The highest BCUT2D eigenvalue weighted by Crippen LogP contribution is 2.15. The van der Waals surface area contributed by atoms with Crippen molar-refractivity contribution in [3.05, 3.63) is 42.1 Å². The van der Waals surface area contributed by atoms with E-state index in [9.17, 15) is 9.59 Å². The van der Waals surface area contributed by atoms with Gasteiger partial charge in [-0.2, -0.15) is 5.10 Å². The number of carboxylic acids is 1. The van der Waals surface area contributed by atoms with E-state index in [2.05, 4.69) is 24.3 Å². The van der Waals surface area contributed by atoms with Gasteiger partial charge in [0.15, 0.2) is 12.4 Å². The van der Waals surface area contributed by atoms with E-state index < -0.39 is 12.6 Å². The molecule has 0 spiro atoms. The molecule has 0 aliphatic heterocycles. The number of hydrogen-bond acceptors (Lipinski definition) is 4. The van der Waals surface area contributed by atoms with Gasteiger partial charge < -0.3 is 15.2 Å². The molecule has 0 radical (unpaired) electrons. The Morgan fingerprint density at radius 2 is 2.12 bits per heavy atom. The predicted octanol–water partition coefficient (Wildman–Crippen LogP) is 2.64. The Hall–Kier alpha value is -2.83. The van der Waals surface area contributed by atoms with Gasteiger partial charge in [0.2, 0.25) is 0 Å². The zero-order valence-electron chi connectivity index (χ0n) is 13.7. The molecule has 128 valence electrons. The van der Waals surface area contributed by atoms with Crippen LogP contribution in [0.4, 0.5) is 5.82 Å². The van der Waals surface area contributed by atoms with Gasteiger partial charge in [-0.1, -0.05) is 19.9 Å². The van der Waals surface area contributed by atoms with Gasteiger partial charge in [-0.25, -0.2) is 4.79 Å². The normalized spacial score (nSPS) is 10.6. The molecule has 7 nitrogen and oxygen atoms in total. The van der Waals surface area contributed by atoms with Gasteiger partial charge in [-0.15, -0.1) is 0 Å². The smallest absolute Gasteiger partial charge is 0.341 e. The molecule has 0 bridgehead atoms. The van der Waals surface area contributed by atoms with E-state index in [1.807, 2.05) is 6.20 Å². The van der Waals surface area contributed by atoms with Crippen LogP contribution in [0.2, 0.25) is 0 Å². The molecular weight excluding hydrogens is 310 g/mol. The SMILES string of the molecule is CC(C)CCn1ccc(NC(=O)c2cccc(OCC(=O)O)c2)n1. The van der Waals surface area contributed by atoms with E-state index in [0.29, 0.717) is 23.0 Å². The third-order valence-electron chi connectivity index (χ3n) is 3.28. The van der Waals surface area contributed by atoms with Crippen molar-refractivity contribution < 1.29 is 19.4 Å². The number of nitrogens with one attached hydrogen (secondary N) is 1. The number of anilines is 1. The number of carbonyl (C=O) groups is 2. The number of hydrogen-bond donors (Lipinski definition) is 2. The Balaban J connectivity index is 1.97. The lowest BCUT2D eigenvalue weighted by Gasteiger charge is -2.06. The molecule has 2 rings (SSSR count). The lowest BCUT2D eigenvalue weighted by molar-refractivity contribution is -0.139. The van der Waals surface area contributed by atoms with Crippen molar-refractivity contribution in [1.82, 2.24) is 9.78 Å². The van der Waals surface area contributed by atoms with Crippen LogP contribution < -0.4 is 10.1 Å². The number of amides is 1. The van der Waals surface area contributed by atoms with Crippen LogP contribution in [0.1, 0.15) is 30.6 Å². The summed E-state index contributed by atoms with van der Waals surface area (Å²) in [5.41, 5.74) is 0.370. The summed E-state index contributed by atoms with van der Waals surface area (Å²) in [5, 5.41) is 15.6. The van der Waals surface area contributed by atoms with Crippen LogP contribution in [0.5, 0.6) is 5.75 Å². The summed E-state index contributed by atoms with van der Waals surface area (Å²) in [5.74, 6) is -0.0180. The molecule has 1 aromatic heterocycles. The Morgan fingerprint density at radius 3 is 2.83 bits per heavy atom. The number of aliphatic carboxylic acids is 1. The standard InChI is InChI=1S/C17H21N3O4/c1-12(2)6-8-20-9-7-15(19-20)18-17(23)13-4-3-5-14(10-13)24-11-16(21)22/h3-5,7,9-10,12H,6,8,11H2,1-2H3,(H,21,22)(H,18,19,23). The Kier molecular flexibility index (Phi) is 5.95. The fourth-order valence-electron chi connectivity index (χ4n) is 2.00. The third kappa shape index (κ3) is 5.42. The minimum atomic E-state index is -1.07. The molecular formula is C17H21N3O4. The van der Waals surface area contributed by atoms with Crippen molar-refractivity contribution in [2.75, 3.05) is 11.9 Å². The maximum absolute atomic E-state index is 12.2. The van der Waals surface area contributed by atoms with Gasteiger partial charge in [0.05, 0.1) is 0 Å². The molecule has 1 aromatic carbocycles. The number of carbonyl (C=O) groups excluding carboxylic acids is 1. The van der Waals surface area contributed by atoms with E-state index in [4.69, 9.17) is 9.84 Å². The van der Waals surface area contributed by atoms with Crippen molar-refractivity contribution in [3.63, 3.8) is 0 Å². The van der Waals surface area contributed by atoms with Crippen LogP contribution in [0.25, 0.3) is 0 Å².